The molecule has 0 aromatic carbocycles. The molecular formula is C16H33NO. The van der Waals surface area contributed by atoms with E-state index in [0.29, 0.717) is 0 Å². The average molecular weight is 255 g/mol. The number of hydrogen-bond donors (Lipinski definition) is 1. The Morgan fingerprint density at radius 3 is 2.33 bits per heavy atom. The largest absolute Gasteiger partial charge is 0.381 e. The van der Waals surface area contributed by atoms with Crippen LogP contribution in [0.3, 0.4) is 0 Å². The number of hydrogen-bond acceptors (Lipinski definition) is 2. The molecule has 0 aliphatic carbocycles. The Morgan fingerprint density at radius 1 is 0.944 bits per heavy atom. The van der Waals surface area contributed by atoms with Crippen LogP contribution in [0, 0.1) is 5.92 Å². The van der Waals surface area contributed by atoms with Crippen LogP contribution in [0.25, 0.3) is 0 Å². The lowest BCUT2D eigenvalue weighted by molar-refractivity contribution is 0.184. The fourth-order valence-electron chi connectivity index (χ4n) is 2.63. The maximum absolute atomic E-state index is 5.38. The first-order valence-electron chi connectivity index (χ1n) is 8.22. The van der Waals surface area contributed by atoms with Crippen LogP contribution in [-0.4, -0.2) is 26.3 Å². The molecule has 0 bridgehead atoms. The molecule has 2 nitrogen and oxygen atoms in total. The van der Waals surface area contributed by atoms with E-state index in [2.05, 4.69) is 12.2 Å². The van der Waals surface area contributed by atoms with Crippen molar-refractivity contribution >= 4 is 0 Å². The first kappa shape index (κ1) is 16.0. The van der Waals surface area contributed by atoms with Gasteiger partial charge in [0.1, 0.15) is 0 Å². The van der Waals surface area contributed by atoms with Crippen molar-refractivity contribution in [3.8, 4) is 0 Å². The predicted molar refractivity (Wildman–Crippen MR) is 79.0 cm³/mol. The van der Waals surface area contributed by atoms with Crippen molar-refractivity contribution in [1.82, 2.24) is 5.32 Å². The highest BCUT2D eigenvalue weighted by molar-refractivity contribution is 4.65. The van der Waals surface area contributed by atoms with Gasteiger partial charge in [-0.3, -0.25) is 0 Å². The predicted octanol–water partition coefficient (Wildman–Crippen LogP) is 4.14. The second kappa shape index (κ2) is 12.0. The summed E-state index contributed by atoms with van der Waals surface area (Å²) in [5.74, 6) is 0.830. The standard InChI is InChI=1S/C16H33NO/c1-2-3-4-5-6-7-8-9-12-17-13-10-16-11-14-18-15-16/h16-17H,2-15H2,1H3. The quantitative estimate of drug-likeness (QED) is 0.529. The van der Waals surface area contributed by atoms with Crippen LogP contribution in [0.15, 0.2) is 0 Å². The zero-order valence-corrected chi connectivity index (χ0v) is 12.4. The number of rotatable bonds is 12. The molecule has 1 aliphatic heterocycles. The van der Waals surface area contributed by atoms with Gasteiger partial charge in [-0.25, -0.2) is 0 Å². The van der Waals surface area contributed by atoms with Gasteiger partial charge < -0.3 is 10.1 Å². The Bertz CT molecular complexity index is 166. The minimum Gasteiger partial charge on any atom is -0.381 e. The van der Waals surface area contributed by atoms with Crippen molar-refractivity contribution in [3.05, 3.63) is 0 Å². The van der Waals surface area contributed by atoms with Crippen LogP contribution < -0.4 is 5.32 Å². The second-order valence-corrected chi connectivity index (χ2v) is 5.74. The summed E-state index contributed by atoms with van der Waals surface area (Å²) >= 11 is 0. The molecule has 1 rings (SSSR count). The molecule has 0 saturated carbocycles. The fraction of sp³-hybridized carbons (Fsp3) is 1.00. The van der Waals surface area contributed by atoms with E-state index in [4.69, 9.17) is 4.74 Å². The molecule has 1 unspecified atom stereocenters. The SMILES string of the molecule is CCCCCCCCCCNCCC1CCOC1. The topological polar surface area (TPSA) is 21.3 Å². The third-order valence-corrected chi connectivity index (χ3v) is 3.96. The molecule has 1 N–H and O–H groups in total. The summed E-state index contributed by atoms with van der Waals surface area (Å²) in [5.41, 5.74) is 0. The first-order valence-corrected chi connectivity index (χ1v) is 8.22. The molecule has 108 valence electrons. The molecule has 0 radical (unpaired) electrons. The van der Waals surface area contributed by atoms with Gasteiger partial charge in [0.2, 0.25) is 0 Å². The average Bonchev–Trinajstić information content (AvgIpc) is 2.89. The Labute approximate surface area is 114 Å². The van der Waals surface area contributed by atoms with Gasteiger partial charge >= 0.3 is 0 Å². The zero-order valence-electron chi connectivity index (χ0n) is 12.4. The van der Waals surface area contributed by atoms with E-state index in [9.17, 15) is 0 Å². The van der Waals surface area contributed by atoms with Gasteiger partial charge in [-0.15, -0.1) is 0 Å². The Kier molecular flexibility index (Phi) is 10.6. The van der Waals surface area contributed by atoms with Gasteiger partial charge in [0.25, 0.3) is 0 Å². The molecule has 1 aliphatic rings. The summed E-state index contributed by atoms with van der Waals surface area (Å²) < 4.78 is 5.38. The van der Waals surface area contributed by atoms with Gasteiger partial charge in [0.05, 0.1) is 0 Å². The molecule has 0 aromatic heterocycles. The summed E-state index contributed by atoms with van der Waals surface area (Å²) in [7, 11) is 0. The summed E-state index contributed by atoms with van der Waals surface area (Å²) in [5, 5.41) is 3.57. The summed E-state index contributed by atoms with van der Waals surface area (Å²) in [6, 6.07) is 0. The highest BCUT2D eigenvalue weighted by Gasteiger charge is 2.14. The van der Waals surface area contributed by atoms with Crippen molar-refractivity contribution in [2.75, 3.05) is 26.3 Å². The van der Waals surface area contributed by atoms with E-state index < -0.39 is 0 Å². The molecular weight excluding hydrogens is 222 g/mol. The summed E-state index contributed by atoms with van der Waals surface area (Å²) in [6.07, 6.45) is 13.9. The smallest absolute Gasteiger partial charge is 0.0495 e. The zero-order chi connectivity index (χ0) is 12.9. The van der Waals surface area contributed by atoms with Gasteiger partial charge in [-0.2, -0.15) is 0 Å². The Balaban J connectivity index is 1.68. The minimum absolute atomic E-state index is 0.830. The Morgan fingerprint density at radius 2 is 1.67 bits per heavy atom. The van der Waals surface area contributed by atoms with Crippen LogP contribution in [0.5, 0.6) is 0 Å². The highest BCUT2D eigenvalue weighted by Crippen LogP contribution is 2.15. The molecule has 1 saturated heterocycles. The van der Waals surface area contributed by atoms with Gasteiger partial charge in [0.15, 0.2) is 0 Å². The third-order valence-electron chi connectivity index (χ3n) is 3.96. The van der Waals surface area contributed by atoms with Crippen LogP contribution in [-0.2, 0) is 4.74 Å². The lowest BCUT2D eigenvalue weighted by atomic mass is 10.1. The number of ether oxygens (including phenoxy) is 1. The Hall–Kier alpha value is -0.0800. The lowest BCUT2D eigenvalue weighted by Crippen LogP contribution is -2.19. The maximum atomic E-state index is 5.38. The third kappa shape index (κ3) is 8.93. The second-order valence-electron chi connectivity index (χ2n) is 5.74. The summed E-state index contributed by atoms with van der Waals surface area (Å²) in [6.45, 7) is 6.67. The van der Waals surface area contributed by atoms with E-state index in [-0.39, 0.29) is 0 Å². The van der Waals surface area contributed by atoms with Crippen molar-refractivity contribution < 1.29 is 4.74 Å². The molecule has 1 heterocycles. The van der Waals surface area contributed by atoms with E-state index >= 15 is 0 Å². The van der Waals surface area contributed by atoms with E-state index in [1.54, 1.807) is 0 Å². The van der Waals surface area contributed by atoms with Gasteiger partial charge in [0, 0.05) is 13.2 Å². The van der Waals surface area contributed by atoms with E-state index in [0.717, 1.165) is 19.1 Å². The van der Waals surface area contributed by atoms with Crippen molar-refractivity contribution in [2.24, 2.45) is 5.92 Å². The minimum atomic E-state index is 0.830. The molecule has 0 amide bonds. The van der Waals surface area contributed by atoms with Gasteiger partial charge in [-0.1, -0.05) is 51.9 Å². The highest BCUT2D eigenvalue weighted by atomic mass is 16.5. The van der Waals surface area contributed by atoms with E-state index in [1.807, 2.05) is 0 Å². The van der Waals surface area contributed by atoms with Crippen LogP contribution in [0.4, 0.5) is 0 Å². The van der Waals surface area contributed by atoms with Crippen molar-refractivity contribution in [1.29, 1.82) is 0 Å². The fourth-order valence-corrected chi connectivity index (χ4v) is 2.63. The number of unbranched alkanes of at least 4 members (excludes halogenated alkanes) is 7. The maximum Gasteiger partial charge on any atom is 0.0495 e. The molecule has 18 heavy (non-hydrogen) atoms. The van der Waals surface area contributed by atoms with Crippen molar-refractivity contribution in [2.45, 2.75) is 71.1 Å². The molecule has 1 atom stereocenters. The molecule has 0 spiro atoms. The summed E-state index contributed by atoms with van der Waals surface area (Å²) in [4.78, 5) is 0. The van der Waals surface area contributed by atoms with Crippen LogP contribution in [0.2, 0.25) is 0 Å². The monoisotopic (exact) mass is 255 g/mol. The lowest BCUT2D eigenvalue weighted by Gasteiger charge is -2.08. The number of nitrogens with one attached hydrogen (secondary N) is 1. The van der Waals surface area contributed by atoms with Crippen LogP contribution >= 0.6 is 0 Å². The van der Waals surface area contributed by atoms with E-state index in [1.165, 1.54) is 77.3 Å². The van der Waals surface area contributed by atoms with Gasteiger partial charge in [-0.05, 0) is 38.3 Å². The molecule has 0 aromatic rings. The molecule has 2 heteroatoms. The first-order chi connectivity index (χ1) is 8.93. The van der Waals surface area contributed by atoms with Crippen molar-refractivity contribution in [3.63, 3.8) is 0 Å². The molecule has 1 fully saturated rings. The van der Waals surface area contributed by atoms with Crippen LogP contribution in [0.1, 0.15) is 71.1 Å². The normalized spacial score (nSPS) is 19.5.